The van der Waals surface area contributed by atoms with Gasteiger partial charge >= 0.3 is 6.18 Å². The van der Waals surface area contributed by atoms with Crippen molar-refractivity contribution in [2.45, 2.75) is 19.0 Å². The highest BCUT2D eigenvalue weighted by Crippen LogP contribution is 2.31. The number of benzene rings is 3. The number of ether oxygens (including phenoxy) is 2. The Labute approximate surface area is 195 Å². The van der Waals surface area contributed by atoms with E-state index in [2.05, 4.69) is 0 Å². The van der Waals surface area contributed by atoms with Crippen molar-refractivity contribution in [3.05, 3.63) is 88.4 Å². The van der Waals surface area contributed by atoms with Gasteiger partial charge < -0.3 is 14.4 Å². The smallest absolute Gasteiger partial charge is 0.416 e. The Balaban J connectivity index is 1.86. The molecule has 3 rings (SSSR count). The number of nitrogens with zero attached hydrogens (tertiary/aromatic N) is 1. The summed E-state index contributed by atoms with van der Waals surface area (Å²) in [5.74, 6) is 0.816. The topological polar surface area (TPSA) is 38.8 Å². The number of methoxy groups -OCH3 is 2. The molecule has 8 heteroatoms. The highest BCUT2D eigenvalue weighted by atomic mass is 35.5. The van der Waals surface area contributed by atoms with Crippen LogP contribution in [0, 0.1) is 0 Å². The van der Waals surface area contributed by atoms with Gasteiger partial charge in [0.25, 0.3) is 0 Å². The van der Waals surface area contributed by atoms with Crippen molar-refractivity contribution in [1.82, 2.24) is 0 Å². The van der Waals surface area contributed by atoms with E-state index >= 15 is 0 Å². The lowest BCUT2D eigenvalue weighted by Gasteiger charge is -2.24. The summed E-state index contributed by atoms with van der Waals surface area (Å²) in [7, 11) is 3.02. The Morgan fingerprint density at radius 1 is 0.939 bits per heavy atom. The molecule has 0 saturated carbocycles. The van der Waals surface area contributed by atoms with Crippen LogP contribution in [0.5, 0.6) is 11.5 Å². The number of rotatable bonds is 8. The molecule has 0 radical (unpaired) electrons. The van der Waals surface area contributed by atoms with Crippen LogP contribution in [0.3, 0.4) is 0 Å². The second-order valence-electron chi connectivity index (χ2n) is 7.30. The molecule has 0 aliphatic rings. The third-order valence-electron chi connectivity index (χ3n) is 5.19. The summed E-state index contributed by atoms with van der Waals surface area (Å²) in [6, 6.07) is 17.2. The molecule has 0 saturated heterocycles. The molecule has 0 aliphatic heterocycles. The van der Waals surface area contributed by atoms with Crippen LogP contribution in [0.1, 0.15) is 16.7 Å². The van der Waals surface area contributed by atoms with Gasteiger partial charge in [0.15, 0.2) is 0 Å². The van der Waals surface area contributed by atoms with Gasteiger partial charge in [0, 0.05) is 23.9 Å². The van der Waals surface area contributed by atoms with Crippen LogP contribution >= 0.6 is 11.6 Å². The third kappa shape index (κ3) is 6.20. The Hall–Kier alpha value is -3.19. The molecule has 0 spiro atoms. The van der Waals surface area contributed by atoms with Crippen molar-refractivity contribution in [1.29, 1.82) is 0 Å². The summed E-state index contributed by atoms with van der Waals surface area (Å²) in [5, 5.41) is 0.404. The minimum atomic E-state index is -4.39. The molecule has 0 heterocycles. The summed E-state index contributed by atoms with van der Waals surface area (Å²) in [4.78, 5) is 14.9. The molecule has 1 amide bonds. The molecule has 174 valence electrons. The van der Waals surface area contributed by atoms with Crippen LogP contribution in [-0.4, -0.2) is 26.7 Å². The van der Waals surface area contributed by atoms with Crippen LogP contribution in [-0.2, 0) is 23.8 Å². The molecule has 0 bridgehead atoms. The lowest BCUT2D eigenvalue weighted by atomic mass is 10.1. The minimum absolute atomic E-state index is 0.0853. The van der Waals surface area contributed by atoms with Crippen LogP contribution in [0.2, 0.25) is 5.02 Å². The average molecular weight is 478 g/mol. The summed E-state index contributed by atoms with van der Waals surface area (Å²) < 4.78 is 49.2. The number of alkyl halides is 3. The first-order valence-corrected chi connectivity index (χ1v) is 10.5. The molecule has 3 aromatic rings. The van der Waals surface area contributed by atoms with E-state index in [4.69, 9.17) is 21.1 Å². The highest BCUT2D eigenvalue weighted by Gasteiger charge is 2.30. The summed E-state index contributed by atoms with van der Waals surface area (Å²) >= 11 is 6.14. The van der Waals surface area contributed by atoms with E-state index in [9.17, 15) is 18.0 Å². The monoisotopic (exact) mass is 477 g/mol. The lowest BCUT2D eigenvalue weighted by molar-refractivity contribution is -0.137. The zero-order valence-electron chi connectivity index (χ0n) is 18.2. The van der Waals surface area contributed by atoms with E-state index in [0.717, 1.165) is 17.7 Å². The molecule has 0 fully saturated rings. The van der Waals surface area contributed by atoms with Gasteiger partial charge in [-0.25, -0.2) is 0 Å². The van der Waals surface area contributed by atoms with Gasteiger partial charge in [-0.2, -0.15) is 13.2 Å². The second kappa shape index (κ2) is 10.6. The summed E-state index contributed by atoms with van der Waals surface area (Å²) in [6.07, 6.45) is -3.95. The van der Waals surface area contributed by atoms with Crippen molar-refractivity contribution in [2.24, 2.45) is 0 Å². The Morgan fingerprint density at radius 2 is 1.61 bits per heavy atom. The number of amides is 1. The average Bonchev–Trinajstić information content (AvgIpc) is 2.80. The Bertz CT molecular complexity index is 1100. The van der Waals surface area contributed by atoms with E-state index in [1.54, 1.807) is 29.2 Å². The Kier molecular flexibility index (Phi) is 7.87. The van der Waals surface area contributed by atoms with E-state index < -0.39 is 11.7 Å². The van der Waals surface area contributed by atoms with Gasteiger partial charge in [-0.15, -0.1) is 0 Å². The van der Waals surface area contributed by atoms with Crippen LogP contribution in [0.25, 0.3) is 0 Å². The summed E-state index contributed by atoms with van der Waals surface area (Å²) in [6.45, 7) is 0.254. The maximum absolute atomic E-state index is 13.3. The third-order valence-corrected chi connectivity index (χ3v) is 5.50. The van der Waals surface area contributed by atoms with E-state index in [-0.39, 0.29) is 18.9 Å². The van der Waals surface area contributed by atoms with Crippen LogP contribution in [0.4, 0.5) is 18.9 Å². The lowest BCUT2D eigenvalue weighted by Crippen LogP contribution is -2.34. The SMILES string of the molecule is COc1cc(N(CCc2ccc(C(F)(F)F)cc2)C(=O)Cc2ccccc2OC)ccc1Cl. The van der Waals surface area contributed by atoms with E-state index in [0.29, 0.717) is 34.2 Å². The zero-order valence-corrected chi connectivity index (χ0v) is 18.9. The number of anilines is 1. The maximum Gasteiger partial charge on any atom is 0.416 e. The molecule has 33 heavy (non-hydrogen) atoms. The number of carbonyl (C=O) groups excluding carboxylic acids is 1. The van der Waals surface area contributed by atoms with Crippen molar-refractivity contribution in [3.8, 4) is 11.5 Å². The molecule has 0 aromatic heterocycles. The van der Waals surface area contributed by atoms with Gasteiger partial charge in [0.2, 0.25) is 5.91 Å². The number of hydrogen-bond acceptors (Lipinski definition) is 3. The fourth-order valence-electron chi connectivity index (χ4n) is 3.42. The molecule has 4 nitrogen and oxygen atoms in total. The number of halogens is 4. The van der Waals surface area contributed by atoms with Crippen molar-refractivity contribution in [3.63, 3.8) is 0 Å². The van der Waals surface area contributed by atoms with Crippen molar-refractivity contribution >= 4 is 23.2 Å². The first kappa shape index (κ1) is 24.5. The fraction of sp³-hybridized carbons (Fsp3) is 0.240. The van der Waals surface area contributed by atoms with Crippen molar-refractivity contribution in [2.75, 3.05) is 25.7 Å². The molecule has 3 aromatic carbocycles. The van der Waals surface area contributed by atoms with Gasteiger partial charge in [-0.1, -0.05) is 41.9 Å². The van der Waals surface area contributed by atoms with E-state index in [1.165, 1.54) is 26.4 Å². The molecule has 0 aliphatic carbocycles. The van der Waals surface area contributed by atoms with Gasteiger partial charge in [-0.05, 0) is 42.3 Å². The predicted molar refractivity (Wildman–Crippen MR) is 122 cm³/mol. The normalized spacial score (nSPS) is 11.2. The molecule has 0 unspecified atom stereocenters. The van der Waals surface area contributed by atoms with E-state index in [1.807, 2.05) is 18.2 Å². The summed E-state index contributed by atoms with van der Waals surface area (Å²) in [5.41, 5.74) is 1.27. The molecule has 0 atom stereocenters. The number of para-hydroxylation sites is 1. The quantitative estimate of drug-likeness (QED) is 0.388. The van der Waals surface area contributed by atoms with Crippen molar-refractivity contribution < 1.29 is 27.4 Å². The van der Waals surface area contributed by atoms with Crippen LogP contribution < -0.4 is 14.4 Å². The molecule has 0 N–H and O–H groups in total. The first-order valence-electron chi connectivity index (χ1n) is 10.1. The highest BCUT2D eigenvalue weighted by molar-refractivity contribution is 6.32. The maximum atomic E-state index is 13.3. The molecular weight excluding hydrogens is 455 g/mol. The van der Waals surface area contributed by atoms with Gasteiger partial charge in [-0.3, -0.25) is 4.79 Å². The first-order chi connectivity index (χ1) is 15.7. The Morgan fingerprint density at radius 3 is 2.24 bits per heavy atom. The fourth-order valence-corrected chi connectivity index (χ4v) is 3.62. The number of hydrogen-bond donors (Lipinski definition) is 0. The minimum Gasteiger partial charge on any atom is -0.496 e. The zero-order chi connectivity index (χ0) is 24.0. The molecular formula is C25H23ClF3NO3. The second-order valence-corrected chi connectivity index (χ2v) is 7.70. The van der Waals surface area contributed by atoms with Crippen LogP contribution in [0.15, 0.2) is 66.7 Å². The largest absolute Gasteiger partial charge is 0.496 e. The predicted octanol–water partition coefficient (Wildman–Crippen LogP) is 6.19. The standard InChI is InChI=1S/C25H23ClF3NO3/c1-32-22-6-4-3-5-18(22)15-24(31)30(20-11-12-21(26)23(16-20)33-2)14-13-17-7-9-19(10-8-17)25(27,28)29/h3-12,16H,13-15H2,1-2H3. The van der Waals surface area contributed by atoms with Gasteiger partial charge in [0.05, 0.1) is 31.2 Å². The van der Waals surface area contributed by atoms with Gasteiger partial charge in [0.1, 0.15) is 11.5 Å². The number of carbonyl (C=O) groups is 1.